The van der Waals surface area contributed by atoms with E-state index in [-0.39, 0.29) is 0 Å². The molecule has 1 aliphatic rings. The molecule has 16 heavy (non-hydrogen) atoms. The van der Waals surface area contributed by atoms with E-state index < -0.39 is 0 Å². The molecule has 4 heteroatoms. The minimum absolute atomic E-state index is 0.391. The summed E-state index contributed by atoms with van der Waals surface area (Å²) in [5.41, 5.74) is 0.391. The zero-order valence-corrected chi connectivity index (χ0v) is 11.2. The van der Waals surface area contributed by atoms with E-state index in [9.17, 15) is 0 Å². The molecule has 2 N–H and O–H groups in total. The smallest absolute Gasteiger partial charge is 0.140 e. The van der Waals surface area contributed by atoms with Gasteiger partial charge < -0.3 is 10.6 Å². The van der Waals surface area contributed by atoms with Gasteiger partial charge in [0, 0.05) is 12.7 Å². The summed E-state index contributed by atoms with van der Waals surface area (Å²) in [6.45, 7) is 5.59. The van der Waals surface area contributed by atoms with Crippen LogP contribution in [0.25, 0.3) is 0 Å². The zero-order valence-electron chi connectivity index (χ0n) is 9.59. The number of rotatable bonds is 3. The standard InChI is InChI=1S/C12H18BrN3/c1-12(4-7-14-8-5-12)9-16-11-10(13)3-2-6-15-11/h2-3,6,14H,4-5,7-9H2,1H3,(H,15,16). The van der Waals surface area contributed by atoms with Crippen molar-refractivity contribution in [2.24, 2.45) is 5.41 Å². The molecule has 2 rings (SSSR count). The summed E-state index contributed by atoms with van der Waals surface area (Å²) in [5.74, 6) is 0.947. The van der Waals surface area contributed by atoms with E-state index in [4.69, 9.17) is 0 Å². The molecule has 3 nitrogen and oxygen atoms in total. The third kappa shape index (κ3) is 2.95. The fourth-order valence-corrected chi connectivity index (χ4v) is 2.42. The van der Waals surface area contributed by atoms with Gasteiger partial charge in [0.2, 0.25) is 0 Å². The Kier molecular flexibility index (Phi) is 3.82. The molecule has 1 fully saturated rings. The number of pyridine rings is 1. The Morgan fingerprint density at radius 2 is 2.25 bits per heavy atom. The van der Waals surface area contributed by atoms with E-state index in [2.05, 4.69) is 38.5 Å². The Bertz CT molecular complexity index is 348. The highest BCUT2D eigenvalue weighted by molar-refractivity contribution is 9.10. The van der Waals surface area contributed by atoms with Crippen LogP contribution in [0.3, 0.4) is 0 Å². The van der Waals surface area contributed by atoms with Gasteiger partial charge in [0.15, 0.2) is 0 Å². The van der Waals surface area contributed by atoms with Crippen molar-refractivity contribution in [1.82, 2.24) is 10.3 Å². The first kappa shape index (κ1) is 11.9. The Morgan fingerprint density at radius 3 is 2.94 bits per heavy atom. The molecule has 0 radical (unpaired) electrons. The van der Waals surface area contributed by atoms with Gasteiger partial charge in [-0.1, -0.05) is 6.92 Å². The zero-order chi connectivity index (χ0) is 11.4. The molecule has 1 aromatic heterocycles. The Hall–Kier alpha value is -0.610. The molecule has 0 atom stereocenters. The molecule has 0 bridgehead atoms. The molecule has 0 spiro atoms. The maximum absolute atomic E-state index is 4.32. The van der Waals surface area contributed by atoms with Crippen LogP contribution in [-0.2, 0) is 0 Å². The van der Waals surface area contributed by atoms with Crippen LogP contribution in [0.15, 0.2) is 22.8 Å². The molecule has 0 saturated carbocycles. The van der Waals surface area contributed by atoms with Crippen molar-refractivity contribution >= 4 is 21.7 Å². The van der Waals surface area contributed by atoms with Crippen LogP contribution in [0, 0.1) is 5.41 Å². The maximum Gasteiger partial charge on any atom is 0.140 e. The topological polar surface area (TPSA) is 37.0 Å². The predicted octanol–water partition coefficient (Wildman–Crippen LogP) is 2.65. The van der Waals surface area contributed by atoms with Gasteiger partial charge in [-0.2, -0.15) is 0 Å². The number of hydrogen-bond donors (Lipinski definition) is 2. The van der Waals surface area contributed by atoms with Crippen LogP contribution < -0.4 is 10.6 Å². The van der Waals surface area contributed by atoms with E-state index in [1.165, 1.54) is 12.8 Å². The van der Waals surface area contributed by atoms with Gasteiger partial charge in [0.25, 0.3) is 0 Å². The van der Waals surface area contributed by atoms with Crippen LogP contribution >= 0.6 is 15.9 Å². The molecule has 0 aromatic carbocycles. The van der Waals surface area contributed by atoms with Crippen LogP contribution in [0.5, 0.6) is 0 Å². The third-order valence-electron chi connectivity index (χ3n) is 3.25. The van der Waals surface area contributed by atoms with Crippen LogP contribution in [0.1, 0.15) is 19.8 Å². The fourth-order valence-electron chi connectivity index (χ4n) is 2.02. The van der Waals surface area contributed by atoms with Crippen molar-refractivity contribution in [3.05, 3.63) is 22.8 Å². The van der Waals surface area contributed by atoms with E-state index in [0.29, 0.717) is 5.41 Å². The molecule has 88 valence electrons. The average molecular weight is 284 g/mol. The quantitative estimate of drug-likeness (QED) is 0.896. The van der Waals surface area contributed by atoms with Gasteiger partial charge in [0.05, 0.1) is 4.47 Å². The number of aromatic nitrogens is 1. The van der Waals surface area contributed by atoms with Crippen molar-refractivity contribution in [1.29, 1.82) is 0 Å². The first-order valence-electron chi connectivity index (χ1n) is 5.75. The van der Waals surface area contributed by atoms with Crippen LogP contribution in [0.2, 0.25) is 0 Å². The minimum Gasteiger partial charge on any atom is -0.369 e. The molecular formula is C12H18BrN3. The molecule has 1 aromatic rings. The lowest BCUT2D eigenvalue weighted by molar-refractivity contribution is 0.247. The summed E-state index contributed by atoms with van der Waals surface area (Å²) in [6.07, 6.45) is 4.27. The normalized spacial score (nSPS) is 19.4. The molecule has 1 saturated heterocycles. The largest absolute Gasteiger partial charge is 0.369 e. The third-order valence-corrected chi connectivity index (χ3v) is 3.89. The van der Waals surface area contributed by atoms with Gasteiger partial charge in [-0.15, -0.1) is 0 Å². The van der Waals surface area contributed by atoms with Gasteiger partial charge in [0.1, 0.15) is 5.82 Å². The highest BCUT2D eigenvalue weighted by Gasteiger charge is 2.26. The second-order valence-electron chi connectivity index (χ2n) is 4.75. The van der Waals surface area contributed by atoms with E-state index in [1.807, 2.05) is 18.3 Å². The SMILES string of the molecule is CC1(CNc2ncccc2Br)CCNCC1. The Labute approximate surface area is 105 Å². The molecule has 0 unspecified atom stereocenters. The van der Waals surface area contributed by atoms with Crippen molar-refractivity contribution < 1.29 is 0 Å². The lowest BCUT2D eigenvalue weighted by Crippen LogP contribution is -2.39. The number of anilines is 1. The monoisotopic (exact) mass is 283 g/mol. The number of nitrogens with one attached hydrogen (secondary N) is 2. The highest BCUT2D eigenvalue weighted by atomic mass is 79.9. The number of hydrogen-bond acceptors (Lipinski definition) is 3. The molecule has 2 heterocycles. The minimum atomic E-state index is 0.391. The first-order chi connectivity index (χ1) is 7.70. The van der Waals surface area contributed by atoms with Crippen molar-refractivity contribution in [3.63, 3.8) is 0 Å². The molecular weight excluding hydrogens is 266 g/mol. The first-order valence-corrected chi connectivity index (χ1v) is 6.54. The Morgan fingerprint density at radius 1 is 1.50 bits per heavy atom. The summed E-state index contributed by atoms with van der Waals surface area (Å²) < 4.78 is 1.03. The second kappa shape index (κ2) is 5.15. The number of halogens is 1. The lowest BCUT2D eigenvalue weighted by Gasteiger charge is -2.34. The number of piperidine rings is 1. The van der Waals surface area contributed by atoms with Crippen molar-refractivity contribution in [2.45, 2.75) is 19.8 Å². The Balaban J connectivity index is 1.94. The summed E-state index contributed by atoms with van der Waals surface area (Å²) >= 11 is 3.50. The number of nitrogens with zero attached hydrogens (tertiary/aromatic N) is 1. The summed E-state index contributed by atoms with van der Waals surface area (Å²) in [7, 11) is 0. The summed E-state index contributed by atoms with van der Waals surface area (Å²) in [5, 5.41) is 6.83. The van der Waals surface area contributed by atoms with Gasteiger partial charge in [-0.05, 0) is 59.4 Å². The van der Waals surface area contributed by atoms with E-state index in [1.54, 1.807) is 0 Å². The highest BCUT2D eigenvalue weighted by Crippen LogP contribution is 2.29. The lowest BCUT2D eigenvalue weighted by atomic mass is 9.81. The van der Waals surface area contributed by atoms with Crippen LogP contribution in [-0.4, -0.2) is 24.6 Å². The van der Waals surface area contributed by atoms with E-state index >= 15 is 0 Å². The molecule has 0 aliphatic carbocycles. The fraction of sp³-hybridized carbons (Fsp3) is 0.583. The van der Waals surface area contributed by atoms with Gasteiger partial charge >= 0.3 is 0 Å². The van der Waals surface area contributed by atoms with Crippen molar-refractivity contribution in [2.75, 3.05) is 25.0 Å². The summed E-state index contributed by atoms with van der Waals surface area (Å²) in [6, 6.07) is 3.95. The summed E-state index contributed by atoms with van der Waals surface area (Å²) in [4.78, 5) is 4.32. The maximum atomic E-state index is 4.32. The second-order valence-corrected chi connectivity index (χ2v) is 5.60. The predicted molar refractivity (Wildman–Crippen MR) is 70.6 cm³/mol. The van der Waals surface area contributed by atoms with Crippen molar-refractivity contribution in [3.8, 4) is 0 Å². The van der Waals surface area contributed by atoms with Gasteiger partial charge in [-0.3, -0.25) is 0 Å². The molecule has 1 aliphatic heterocycles. The van der Waals surface area contributed by atoms with Crippen LogP contribution in [0.4, 0.5) is 5.82 Å². The molecule has 0 amide bonds. The van der Waals surface area contributed by atoms with Gasteiger partial charge in [-0.25, -0.2) is 4.98 Å². The average Bonchev–Trinajstić information content (AvgIpc) is 2.29. The van der Waals surface area contributed by atoms with E-state index in [0.717, 1.165) is 29.9 Å².